The number of guanidine groups is 1. The fourth-order valence-corrected chi connectivity index (χ4v) is 4.34. The molecular weight excluding hydrogens is 376 g/mol. The van der Waals surface area contributed by atoms with Crippen molar-refractivity contribution in [3.63, 3.8) is 0 Å². The first-order chi connectivity index (χ1) is 14.8. The van der Waals surface area contributed by atoms with Crippen LogP contribution in [0.3, 0.4) is 0 Å². The minimum atomic E-state index is 0.365. The fourth-order valence-electron chi connectivity index (χ4n) is 4.34. The second-order valence-corrected chi connectivity index (χ2v) is 8.46. The van der Waals surface area contributed by atoms with Crippen LogP contribution in [0.2, 0.25) is 0 Å². The van der Waals surface area contributed by atoms with E-state index in [9.17, 15) is 0 Å². The average molecular weight is 417 g/mol. The molecule has 2 aliphatic rings. The number of nitrogens with zero attached hydrogens (tertiary/aromatic N) is 3. The van der Waals surface area contributed by atoms with E-state index in [1.165, 1.54) is 43.5 Å². The number of benzene rings is 1. The van der Waals surface area contributed by atoms with E-state index < -0.39 is 0 Å². The van der Waals surface area contributed by atoms with Crippen molar-refractivity contribution in [2.45, 2.75) is 57.7 Å². The maximum absolute atomic E-state index is 5.97. The number of piperidine rings is 2. The highest BCUT2D eigenvalue weighted by molar-refractivity contribution is 5.79. The molecule has 1 N–H and O–H groups in total. The van der Waals surface area contributed by atoms with Gasteiger partial charge >= 0.3 is 0 Å². The third kappa shape index (κ3) is 7.56. The summed E-state index contributed by atoms with van der Waals surface area (Å²) >= 11 is 0. The summed E-state index contributed by atoms with van der Waals surface area (Å²) in [6.45, 7) is 7.92. The lowest BCUT2D eigenvalue weighted by atomic mass is 10.1. The molecule has 0 aromatic heterocycles. The Morgan fingerprint density at radius 1 is 1.00 bits per heavy atom. The quantitative estimate of drug-likeness (QED) is 0.380. The van der Waals surface area contributed by atoms with Gasteiger partial charge in [-0.05, 0) is 56.3 Å². The number of rotatable bonds is 9. The third-order valence-corrected chi connectivity index (χ3v) is 6.13. The number of hydrogen-bond donors (Lipinski definition) is 1. The lowest BCUT2D eigenvalue weighted by Gasteiger charge is -2.34. The molecule has 2 aliphatic heterocycles. The van der Waals surface area contributed by atoms with Crippen molar-refractivity contribution in [3.8, 4) is 0 Å². The number of nitrogens with one attached hydrogen (secondary N) is 1. The highest BCUT2D eigenvalue weighted by Crippen LogP contribution is 2.15. The van der Waals surface area contributed by atoms with E-state index >= 15 is 0 Å². The van der Waals surface area contributed by atoms with Gasteiger partial charge in [0.15, 0.2) is 5.96 Å². The van der Waals surface area contributed by atoms with Crippen molar-refractivity contribution in [1.29, 1.82) is 0 Å². The van der Waals surface area contributed by atoms with Crippen LogP contribution < -0.4 is 5.32 Å². The van der Waals surface area contributed by atoms with Crippen LogP contribution in [0, 0.1) is 0 Å². The first kappa shape index (κ1) is 23.0. The SMILES string of the molecule is CN=C(NCc1ccc(CN2CCCCC2)cc1)N1CCC(OCCCOC)CC1. The largest absolute Gasteiger partial charge is 0.385 e. The Morgan fingerprint density at radius 3 is 2.37 bits per heavy atom. The summed E-state index contributed by atoms with van der Waals surface area (Å²) in [7, 11) is 3.61. The maximum Gasteiger partial charge on any atom is 0.193 e. The topological polar surface area (TPSA) is 49.3 Å². The van der Waals surface area contributed by atoms with Gasteiger partial charge in [-0.3, -0.25) is 9.89 Å². The van der Waals surface area contributed by atoms with Crippen LogP contribution in [-0.4, -0.2) is 75.4 Å². The van der Waals surface area contributed by atoms with E-state index in [0.717, 1.165) is 64.6 Å². The summed E-state index contributed by atoms with van der Waals surface area (Å²) < 4.78 is 11.1. The molecule has 0 saturated carbocycles. The summed E-state index contributed by atoms with van der Waals surface area (Å²) in [5.74, 6) is 0.991. The first-order valence-corrected chi connectivity index (χ1v) is 11.6. The van der Waals surface area contributed by atoms with Crippen LogP contribution in [0.1, 0.15) is 49.7 Å². The molecular formula is C24H40N4O2. The number of hydrogen-bond acceptors (Lipinski definition) is 4. The van der Waals surface area contributed by atoms with Gasteiger partial charge in [0.05, 0.1) is 6.10 Å². The van der Waals surface area contributed by atoms with Crippen molar-refractivity contribution in [3.05, 3.63) is 35.4 Å². The molecule has 6 nitrogen and oxygen atoms in total. The minimum Gasteiger partial charge on any atom is -0.385 e. The van der Waals surface area contributed by atoms with Crippen LogP contribution in [0.4, 0.5) is 0 Å². The molecule has 2 saturated heterocycles. The number of ether oxygens (including phenoxy) is 2. The van der Waals surface area contributed by atoms with Gasteiger partial charge in [0.2, 0.25) is 0 Å². The molecule has 0 aliphatic carbocycles. The minimum absolute atomic E-state index is 0.365. The number of methoxy groups -OCH3 is 1. The molecule has 2 fully saturated rings. The Morgan fingerprint density at radius 2 is 1.70 bits per heavy atom. The molecule has 30 heavy (non-hydrogen) atoms. The molecule has 3 rings (SSSR count). The van der Waals surface area contributed by atoms with Crippen LogP contribution in [0.25, 0.3) is 0 Å². The van der Waals surface area contributed by atoms with Gasteiger partial charge in [0.25, 0.3) is 0 Å². The standard InChI is InChI=1S/C24H40N4O2/c1-25-24(28-15-11-23(12-16-28)30-18-6-17-29-2)26-19-21-7-9-22(10-8-21)20-27-13-4-3-5-14-27/h7-10,23H,3-6,11-20H2,1-2H3,(H,25,26). The number of aliphatic imine (C=N–C) groups is 1. The Hall–Kier alpha value is -1.63. The predicted octanol–water partition coefficient (Wildman–Crippen LogP) is 3.27. The van der Waals surface area contributed by atoms with Crippen LogP contribution in [0.15, 0.2) is 29.3 Å². The van der Waals surface area contributed by atoms with E-state index in [4.69, 9.17) is 9.47 Å². The zero-order valence-electron chi connectivity index (χ0n) is 18.9. The summed E-state index contributed by atoms with van der Waals surface area (Å²) in [6.07, 6.45) is 7.52. The van der Waals surface area contributed by atoms with E-state index in [0.29, 0.717) is 6.10 Å². The van der Waals surface area contributed by atoms with Crippen molar-refractivity contribution >= 4 is 5.96 Å². The summed E-state index contributed by atoms with van der Waals surface area (Å²) in [4.78, 5) is 9.42. The molecule has 0 atom stereocenters. The summed E-state index contributed by atoms with van der Waals surface area (Å²) in [6, 6.07) is 9.06. The number of likely N-dealkylation sites (tertiary alicyclic amines) is 2. The van der Waals surface area contributed by atoms with E-state index in [1.54, 1.807) is 7.11 Å². The smallest absolute Gasteiger partial charge is 0.193 e. The van der Waals surface area contributed by atoms with Crippen molar-refractivity contribution in [1.82, 2.24) is 15.1 Å². The zero-order chi connectivity index (χ0) is 21.0. The van der Waals surface area contributed by atoms with Gasteiger partial charge < -0.3 is 19.7 Å². The fraction of sp³-hybridized carbons (Fsp3) is 0.708. The van der Waals surface area contributed by atoms with E-state index in [2.05, 4.69) is 44.4 Å². The second kappa shape index (κ2) is 12.9. The highest BCUT2D eigenvalue weighted by Gasteiger charge is 2.21. The maximum atomic E-state index is 5.97. The van der Waals surface area contributed by atoms with Crippen LogP contribution in [0.5, 0.6) is 0 Å². The van der Waals surface area contributed by atoms with Crippen molar-refractivity contribution in [2.75, 3.05) is 53.6 Å². The van der Waals surface area contributed by atoms with Gasteiger partial charge in [-0.15, -0.1) is 0 Å². The second-order valence-electron chi connectivity index (χ2n) is 8.46. The van der Waals surface area contributed by atoms with Crippen LogP contribution in [-0.2, 0) is 22.6 Å². The first-order valence-electron chi connectivity index (χ1n) is 11.6. The molecule has 0 unspecified atom stereocenters. The zero-order valence-corrected chi connectivity index (χ0v) is 18.9. The van der Waals surface area contributed by atoms with Gasteiger partial charge in [-0.1, -0.05) is 30.7 Å². The van der Waals surface area contributed by atoms with Crippen molar-refractivity contribution < 1.29 is 9.47 Å². The molecule has 1 aromatic carbocycles. The van der Waals surface area contributed by atoms with Crippen LogP contribution >= 0.6 is 0 Å². The Kier molecular flexibility index (Phi) is 9.93. The Labute approximate surface area is 182 Å². The molecule has 0 spiro atoms. The average Bonchev–Trinajstić information content (AvgIpc) is 2.80. The van der Waals surface area contributed by atoms with Gasteiger partial charge in [-0.2, -0.15) is 0 Å². The summed E-state index contributed by atoms with van der Waals surface area (Å²) in [5, 5.41) is 3.54. The van der Waals surface area contributed by atoms with Gasteiger partial charge in [0.1, 0.15) is 0 Å². The molecule has 0 amide bonds. The molecule has 0 bridgehead atoms. The van der Waals surface area contributed by atoms with Gasteiger partial charge in [0, 0.05) is 53.6 Å². The normalized spacial score (nSPS) is 19.3. The van der Waals surface area contributed by atoms with Gasteiger partial charge in [-0.25, -0.2) is 0 Å². The van der Waals surface area contributed by atoms with Crippen molar-refractivity contribution in [2.24, 2.45) is 4.99 Å². The molecule has 0 radical (unpaired) electrons. The lowest BCUT2D eigenvalue weighted by Crippen LogP contribution is -2.46. The Balaban J connectivity index is 1.38. The lowest BCUT2D eigenvalue weighted by molar-refractivity contribution is 0.00989. The predicted molar refractivity (Wildman–Crippen MR) is 123 cm³/mol. The Bertz CT molecular complexity index is 621. The van der Waals surface area contributed by atoms with E-state index in [-0.39, 0.29) is 0 Å². The molecule has 168 valence electrons. The van der Waals surface area contributed by atoms with E-state index in [1.807, 2.05) is 7.05 Å². The summed E-state index contributed by atoms with van der Waals surface area (Å²) in [5.41, 5.74) is 2.72. The third-order valence-electron chi connectivity index (χ3n) is 6.13. The molecule has 1 aromatic rings. The monoisotopic (exact) mass is 416 g/mol. The highest BCUT2D eigenvalue weighted by atomic mass is 16.5. The molecule has 2 heterocycles. The molecule has 6 heteroatoms.